The fourth-order valence-corrected chi connectivity index (χ4v) is 2.83. The molecule has 0 bridgehead atoms. The van der Waals surface area contributed by atoms with Gasteiger partial charge in [0.05, 0.1) is 12.7 Å². The van der Waals surface area contributed by atoms with Crippen molar-refractivity contribution < 1.29 is 22.7 Å². The Morgan fingerprint density at radius 1 is 1.17 bits per heavy atom. The molecule has 6 nitrogen and oxygen atoms in total. The van der Waals surface area contributed by atoms with Gasteiger partial charge < -0.3 is 9.47 Å². The normalized spacial score (nSPS) is 11.1. The van der Waals surface area contributed by atoms with Crippen LogP contribution in [0.1, 0.15) is 15.9 Å². The molecule has 8 heteroatoms. The predicted molar refractivity (Wildman–Crippen MR) is 87.6 cm³/mol. The molecule has 0 heterocycles. The second-order valence-corrected chi connectivity index (χ2v) is 7.06. The highest BCUT2D eigenvalue weighted by atomic mass is 79.9. The predicted octanol–water partition coefficient (Wildman–Crippen LogP) is 2.46. The van der Waals surface area contributed by atoms with Gasteiger partial charge in [0.2, 0.25) is 10.0 Å². The van der Waals surface area contributed by atoms with E-state index in [4.69, 9.17) is 14.6 Å². The molecule has 0 saturated carbocycles. The van der Waals surface area contributed by atoms with Crippen molar-refractivity contribution in [3.8, 4) is 5.75 Å². The molecule has 0 radical (unpaired) electrons. The SMILES string of the molecule is COc1ccc(C(=O)OCc2ccc(Br)cc2)cc1S(N)(=O)=O. The van der Waals surface area contributed by atoms with Crippen molar-refractivity contribution in [2.24, 2.45) is 5.14 Å². The Balaban J connectivity index is 2.18. The maximum atomic E-state index is 12.1. The van der Waals surface area contributed by atoms with E-state index < -0.39 is 16.0 Å². The molecule has 2 aromatic rings. The highest BCUT2D eigenvalue weighted by molar-refractivity contribution is 9.10. The molecule has 0 atom stereocenters. The number of hydrogen-bond acceptors (Lipinski definition) is 5. The number of benzene rings is 2. The smallest absolute Gasteiger partial charge is 0.338 e. The zero-order valence-electron chi connectivity index (χ0n) is 12.2. The van der Waals surface area contributed by atoms with Crippen LogP contribution < -0.4 is 9.88 Å². The van der Waals surface area contributed by atoms with Gasteiger partial charge in [-0.2, -0.15) is 0 Å². The molecule has 0 aliphatic rings. The van der Waals surface area contributed by atoms with Gasteiger partial charge in [0.25, 0.3) is 0 Å². The Labute approximate surface area is 142 Å². The van der Waals surface area contributed by atoms with Crippen molar-refractivity contribution in [3.05, 3.63) is 58.1 Å². The van der Waals surface area contributed by atoms with Crippen molar-refractivity contribution in [1.29, 1.82) is 0 Å². The molecule has 0 saturated heterocycles. The number of esters is 1. The van der Waals surface area contributed by atoms with E-state index in [0.29, 0.717) is 0 Å². The van der Waals surface area contributed by atoms with E-state index in [1.807, 2.05) is 12.1 Å². The van der Waals surface area contributed by atoms with Gasteiger partial charge >= 0.3 is 5.97 Å². The van der Waals surface area contributed by atoms with Crippen LogP contribution in [0.15, 0.2) is 51.8 Å². The van der Waals surface area contributed by atoms with Crippen molar-refractivity contribution >= 4 is 31.9 Å². The number of carbonyl (C=O) groups excluding carboxylic acids is 1. The molecule has 2 N–H and O–H groups in total. The summed E-state index contributed by atoms with van der Waals surface area (Å²) < 4.78 is 34.1. The molecule has 0 aliphatic carbocycles. The van der Waals surface area contributed by atoms with Crippen LogP contribution >= 0.6 is 15.9 Å². The highest BCUT2D eigenvalue weighted by Gasteiger charge is 2.18. The summed E-state index contributed by atoms with van der Waals surface area (Å²) in [5.41, 5.74) is 0.883. The average Bonchev–Trinajstić information content (AvgIpc) is 2.52. The van der Waals surface area contributed by atoms with Gasteiger partial charge in [-0.15, -0.1) is 0 Å². The van der Waals surface area contributed by atoms with Gasteiger partial charge in [0, 0.05) is 4.47 Å². The molecular formula is C15H14BrNO5S. The third-order valence-corrected chi connectivity index (χ3v) is 4.45. The van der Waals surface area contributed by atoms with E-state index in [2.05, 4.69) is 15.9 Å². The number of nitrogens with two attached hydrogens (primary N) is 1. The zero-order valence-corrected chi connectivity index (χ0v) is 14.6. The van der Waals surface area contributed by atoms with Gasteiger partial charge in [-0.05, 0) is 35.9 Å². The Hall–Kier alpha value is -1.90. The molecule has 0 fully saturated rings. The number of carbonyl (C=O) groups is 1. The molecule has 23 heavy (non-hydrogen) atoms. The van der Waals surface area contributed by atoms with Crippen molar-refractivity contribution in [3.63, 3.8) is 0 Å². The van der Waals surface area contributed by atoms with Gasteiger partial charge in [-0.3, -0.25) is 0 Å². The summed E-state index contributed by atoms with van der Waals surface area (Å²) in [5.74, 6) is -0.586. The van der Waals surface area contributed by atoms with Gasteiger partial charge in [0.15, 0.2) is 0 Å². The lowest BCUT2D eigenvalue weighted by Gasteiger charge is -2.09. The van der Waals surface area contributed by atoms with Crippen molar-refractivity contribution in [2.75, 3.05) is 7.11 Å². The quantitative estimate of drug-likeness (QED) is 0.778. The monoisotopic (exact) mass is 399 g/mol. The molecule has 2 rings (SSSR count). The number of sulfonamides is 1. The fraction of sp³-hybridized carbons (Fsp3) is 0.133. The van der Waals surface area contributed by atoms with Gasteiger partial charge in [-0.1, -0.05) is 28.1 Å². The second-order valence-electron chi connectivity index (χ2n) is 4.61. The van der Waals surface area contributed by atoms with Crippen LogP contribution in [0.4, 0.5) is 0 Å². The lowest BCUT2D eigenvalue weighted by Crippen LogP contribution is -2.15. The number of halogens is 1. The highest BCUT2D eigenvalue weighted by Crippen LogP contribution is 2.24. The van der Waals surface area contributed by atoms with E-state index in [1.54, 1.807) is 12.1 Å². The summed E-state index contributed by atoms with van der Waals surface area (Å²) in [6, 6.07) is 11.2. The average molecular weight is 400 g/mol. The van der Waals surface area contributed by atoms with Crippen LogP contribution in [0, 0.1) is 0 Å². The minimum absolute atomic E-state index is 0.0666. The summed E-state index contributed by atoms with van der Waals surface area (Å²) >= 11 is 3.31. The van der Waals surface area contributed by atoms with Crippen LogP contribution in [0.25, 0.3) is 0 Å². The van der Waals surface area contributed by atoms with E-state index in [-0.39, 0.29) is 22.8 Å². The summed E-state index contributed by atoms with van der Waals surface area (Å²) in [4.78, 5) is 11.8. The molecule has 0 spiro atoms. The summed E-state index contributed by atoms with van der Waals surface area (Å²) in [7, 11) is -2.70. The van der Waals surface area contributed by atoms with Crippen LogP contribution in [-0.4, -0.2) is 21.5 Å². The maximum Gasteiger partial charge on any atom is 0.338 e. The lowest BCUT2D eigenvalue weighted by atomic mass is 10.2. The van der Waals surface area contributed by atoms with Gasteiger partial charge in [-0.25, -0.2) is 18.4 Å². The number of primary sulfonamides is 1. The Kier molecular flexibility index (Phi) is 5.40. The van der Waals surface area contributed by atoms with E-state index in [1.165, 1.54) is 19.2 Å². The number of rotatable bonds is 5. The molecule has 2 aromatic carbocycles. The second kappa shape index (κ2) is 7.12. The first-order valence-corrected chi connectivity index (χ1v) is 8.77. The number of methoxy groups -OCH3 is 1. The molecule has 0 amide bonds. The molecule has 122 valence electrons. The molecule has 0 aromatic heterocycles. The Bertz CT molecular complexity index is 818. The third kappa shape index (κ3) is 4.54. The number of ether oxygens (including phenoxy) is 2. The first-order valence-electron chi connectivity index (χ1n) is 6.43. The minimum atomic E-state index is -4.01. The van der Waals surface area contributed by atoms with Crippen LogP contribution in [-0.2, 0) is 21.4 Å². The third-order valence-electron chi connectivity index (χ3n) is 2.99. The van der Waals surface area contributed by atoms with E-state index >= 15 is 0 Å². The maximum absolute atomic E-state index is 12.1. The Morgan fingerprint density at radius 3 is 2.39 bits per heavy atom. The lowest BCUT2D eigenvalue weighted by molar-refractivity contribution is 0.0472. The summed E-state index contributed by atoms with van der Waals surface area (Å²) in [6.07, 6.45) is 0. The van der Waals surface area contributed by atoms with Gasteiger partial charge in [0.1, 0.15) is 17.3 Å². The standard InChI is InChI=1S/C15H14BrNO5S/c1-21-13-7-4-11(8-14(13)23(17,19)20)15(18)22-9-10-2-5-12(16)6-3-10/h2-8H,9H2,1H3,(H2,17,19,20). The summed E-state index contributed by atoms with van der Waals surface area (Å²) in [6.45, 7) is 0.0723. The molecule has 0 aliphatic heterocycles. The van der Waals surface area contributed by atoms with Crippen molar-refractivity contribution in [1.82, 2.24) is 0 Å². The fourth-order valence-electron chi connectivity index (χ4n) is 1.84. The first kappa shape index (κ1) is 17.5. The van der Waals surface area contributed by atoms with Crippen LogP contribution in [0.3, 0.4) is 0 Å². The Morgan fingerprint density at radius 2 is 1.83 bits per heavy atom. The van der Waals surface area contributed by atoms with Crippen molar-refractivity contribution in [2.45, 2.75) is 11.5 Å². The van der Waals surface area contributed by atoms with E-state index in [0.717, 1.165) is 16.1 Å². The molecule has 0 unspecified atom stereocenters. The minimum Gasteiger partial charge on any atom is -0.495 e. The topological polar surface area (TPSA) is 95.7 Å². The van der Waals surface area contributed by atoms with Crippen LogP contribution in [0.2, 0.25) is 0 Å². The van der Waals surface area contributed by atoms with E-state index in [9.17, 15) is 13.2 Å². The summed E-state index contributed by atoms with van der Waals surface area (Å²) in [5, 5.41) is 5.12. The molecular weight excluding hydrogens is 386 g/mol. The first-order chi connectivity index (χ1) is 10.8. The van der Waals surface area contributed by atoms with Crippen LogP contribution in [0.5, 0.6) is 5.75 Å². The largest absolute Gasteiger partial charge is 0.495 e. The zero-order chi connectivity index (χ0) is 17.0. The number of hydrogen-bond donors (Lipinski definition) is 1.